The lowest BCUT2D eigenvalue weighted by Gasteiger charge is -2.34. The van der Waals surface area contributed by atoms with Crippen molar-refractivity contribution in [1.82, 2.24) is 29.2 Å². The highest BCUT2D eigenvalue weighted by Gasteiger charge is 2.21. The minimum absolute atomic E-state index is 0.00815. The molecule has 1 amide bonds. The fourth-order valence-corrected chi connectivity index (χ4v) is 5.54. The van der Waals surface area contributed by atoms with Gasteiger partial charge in [0, 0.05) is 57.1 Å². The molecule has 216 valence electrons. The van der Waals surface area contributed by atoms with E-state index in [4.69, 9.17) is 37.7 Å². The molecule has 4 heterocycles. The van der Waals surface area contributed by atoms with Crippen LogP contribution in [0.25, 0.3) is 16.7 Å². The number of benzene rings is 1. The maximum Gasteiger partial charge on any atom is 0.246 e. The van der Waals surface area contributed by atoms with Gasteiger partial charge < -0.3 is 25.0 Å². The van der Waals surface area contributed by atoms with Crippen LogP contribution in [0, 0.1) is 0 Å². The Hall–Kier alpha value is -3.80. The zero-order chi connectivity index (χ0) is 29.1. The highest BCUT2D eigenvalue weighted by molar-refractivity contribution is 6.41. The van der Waals surface area contributed by atoms with Gasteiger partial charge in [-0.1, -0.05) is 29.8 Å². The van der Waals surface area contributed by atoms with Crippen LogP contribution in [-0.4, -0.2) is 89.1 Å². The van der Waals surface area contributed by atoms with Gasteiger partial charge in [0.1, 0.15) is 21.5 Å². The van der Waals surface area contributed by atoms with Crippen LogP contribution in [0.2, 0.25) is 10.0 Å². The van der Waals surface area contributed by atoms with Crippen molar-refractivity contribution in [2.45, 2.75) is 12.8 Å². The zero-order valence-electron chi connectivity index (χ0n) is 23.2. The van der Waals surface area contributed by atoms with E-state index in [1.54, 1.807) is 19.3 Å². The molecule has 2 N–H and O–H groups in total. The summed E-state index contributed by atoms with van der Waals surface area (Å²) in [5.74, 6) is 1.35. The molecule has 3 aromatic heterocycles. The number of ether oxygens (including phenoxy) is 2. The van der Waals surface area contributed by atoms with Crippen molar-refractivity contribution >= 4 is 63.1 Å². The first-order valence-electron chi connectivity index (χ1n) is 13.2. The number of anilines is 3. The smallest absolute Gasteiger partial charge is 0.246 e. The Balaban J connectivity index is 1.44. The van der Waals surface area contributed by atoms with Gasteiger partial charge in [-0.25, -0.2) is 9.97 Å². The van der Waals surface area contributed by atoms with Crippen LogP contribution in [0.1, 0.15) is 12.1 Å². The number of nitrogens with one attached hydrogen (secondary N) is 2. The molecule has 0 bridgehead atoms. The molecule has 0 atom stereocenters. The van der Waals surface area contributed by atoms with Gasteiger partial charge in [0.2, 0.25) is 11.9 Å². The van der Waals surface area contributed by atoms with Gasteiger partial charge in [-0.15, -0.1) is 0 Å². The van der Waals surface area contributed by atoms with Crippen molar-refractivity contribution in [2.24, 2.45) is 0 Å². The number of pyridine rings is 1. The largest absolute Gasteiger partial charge is 0.495 e. The zero-order valence-corrected chi connectivity index (χ0v) is 24.7. The van der Waals surface area contributed by atoms with E-state index in [2.05, 4.69) is 32.1 Å². The van der Waals surface area contributed by atoms with Gasteiger partial charge in [-0.2, -0.15) is 4.98 Å². The molecule has 1 aromatic carbocycles. The minimum Gasteiger partial charge on any atom is -0.495 e. The number of amides is 1. The number of carbonyl (C=O) groups is 1. The van der Waals surface area contributed by atoms with Crippen molar-refractivity contribution in [3.8, 4) is 11.5 Å². The third kappa shape index (κ3) is 5.83. The molecule has 0 saturated carbocycles. The van der Waals surface area contributed by atoms with E-state index in [1.165, 1.54) is 20.3 Å². The summed E-state index contributed by atoms with van der Waals surface area (Å²) in [4.78, 5) is 30.1. The molecule has 1 aliphatic heterocycles. The summed E-state index contributed by atoms with van der Waals surface area (Å²) in [6, 6.07) is 3.56. The first-order valence-corrected chi connectivity index (χ1v) is 14.0. The number of piperazine rings is 1. The van der Waals surface area contributed by atoms with E-state index in [1.807, 2.05) is 21.6 Å². The first kappa shape index (κ1) is 28.7. The number of rotatable bonds is 10. The number of fused-ring (bicyclic) bond motifs is 3. The van der Waals surface area contributed by atoms with E-state index in [0.717, 1.165) is 43.6 Å². The first-order chi connectivity index (χ1) is 19.9. The molecule has 11 nitrogen and oxygen atoms in total. The summed E-state index contributed by atoms with van der Waals surface area (Å²) in [5, 5.41) is 7.81. The van der Waals surface area contributed by atoms with Crippen LogP contribution in [-0.2, 0) is 11.2 Å². The molecule has 5 rings (SSSR count). The Bertz CT molecular complexity index is 1570. The average molecular weight is 600 g/mol. The maximum absolute atomic E-state index is 11.9. The Labute approximate surface area is 248 Å². The molecule has 1 aliphatic rings. The van der Waals surface area contributed by atoms with Gasteiger partial charge in [0.25, 0.3) is 0 Å². The number of halogens is 2. The SMILES string of the molecule is C=CC(=O)N1CCN(CCCc2cn3c(n2)c(Nc2c(Cl)c(OC)cc(OC)c2Cl)cc2cnc(NC)nc23)CC1. The van der Waals surface area contributed by atoms with E-state index in [0.29, 0.717) is 63.3 Å². The lowest BCUT2D eigenvalue weighted by Crippen LogP contribution is -2.48. The fraction of sp³-hybridized carbons (Fsp3) is 0.357. The summed E-state index contributed by atoms with van der Waals surface area (Å²) in [7, 11) is 4.84. The van der Waals surface area contributed by atoms with E-state index < -0.39 is 0 Å². The number of hydrogen-bond acceptors (Lipinski definition) is 9. The second-order valence-electron chi connectivity index (χ2n) is 9.59. The monoisotopic (exact) mass is 598 g/mol. The Morgan fingerprint density at radius 2 is 1.78 bits per heavy atom. The number of hydrogen-bond donors (Lipinski definition) is 2. The molecule has 0 radical (unpaired) electrons. The van der Waals surface area contributed by atoms with Crippen LogP contribution in [0.5, 0.6) is 11.5 Å². The number of aromatic nitrogens is 4. The van der Waals surface area contributed by atoms with Gasteiger partial charge >= 0.3 is 0 Å². The highest BCUT2D eigenvalue weighted by atomic mass is 35.5. The van der Waals surface area contributed by atoms with Crippen LogP contribution < -0.4 is 20.1 Å². The van der Waals surface area contributed by atoms with Crippen molar-refractivity contribution in [3.63, 3.8) is 0 Å². The molecular weight excluding hydrogens is 567 g/mol. The van der Waals surface area contributed by atoms with Crippen molar-refractivity contribution < 1.29 is 14.3 Å². The van der Waals surface area contributed by atoms with Crippen LogP contribution in [0.3, 0.4) is 0 Å². The van der Waals surface area contributed by atoms with Crippen LogP contribution in [0.4, 0.5) is 17.3 Å². The number of methoxy groups -OCH3 is 2. The second kappa shape index (κ2) is 12.4. The summed E-state index contributed by atoms with van der Waals surface area (Å²) in [5.41, 5.74) is 3.42. The molecule has 41 heavy (non-hydrogen) atoms. The van der Waals surface area contributed by atoms with Crippen molar-refractivity contribution in [1.29, 1.82) is 0 Å². The summed E-state index contributed by atoms with van der Waals surface area (Å²) < 4.78 is 12.8. The topological polar surface area (TPSA) is 109 Å². The van der Waals surface area contributed by atoms with Gasteiger partial charge in [-0.3, -0.25) is 14.1 Å². The predicted octanol–water partition coefficient (Wildman–Crippen LogP) is 4.65. The normalized spacial score (nSPS) is 13.9. The Kier molecular flexibility index (Phi) is 8.67. The van der Waals surface area contributed by atoms with E-state index in [9.17, 15) is 4.79 Å². The van der Waals surface area contributed by atoms with Crippen LogP contribution in [0.15, 0.2) is 37.2 Å². The summed E-state index contributed by atoms with van der Waals surface area (Å²) >= 11 is 13.3. The van der Waals surface area contributed by atoms with Gasteiger partial charge in [0.05, 0.1) is 31.3 Å². The number of aryl methyl sites for hydroxylation is 1. The number of imidazole rings is 1. The molecule has 1 fully saturated rings. The molecule has 13 heteroatoms. The molecular formula is C28H32Cl2N8O3. The third-order valence-corrected chi connectivity index (χ3v) is 7.89. The van der Waals surface area contributed by atoms with Crippen molar-refractivity contribution in [2.75, 3.05) is 64.6 Å². The summed E-state index contributed by atoms with van der Waals surface area (Å²) in [6.45, 7) is 7.62. The number of nitrogens with zero attached hydrogens (tertiary/aromatic N) is 6. The van der Waals surface area contributed by atoms with Crippen LogP contribution >= 0.6 is 23.2 Å². The maximum atomic E-state index is 11.9. The summed E-state index contributed by atoms with van der Waals surface area (Å²) in [6.07, 6.45) is 6.83. The van der Waals surface area contributed by atoms with Gasteiger partial charge in [0.15, 0.2) is 11.3 Å². The third-order valence-electron chi connectivity index (χ3n) is 7.14. The Morgan fingerprint density at radius 1 is 1.07 bits per heavy atom. The standard InChI is InChI=1S/C28H32Cl2N8O3/c1-5-22(39)37-11-9-36(10-12-37)8-6-7-18-16-38-26-17(15-32-28(31-2)35-26)13-19(27(38)33-18)34-25-23(29)20(40-3)14-21(41-4)24(25)30/h5,13-16,34H,1,6-12H2,2-4H3,(H,31,32,35). The molecule has 4 aromatic rings. The lowest BCUT2D eigenvalue weighted by atomic mass is 10.2. The predicted molar refractivity (Wildman–Crippen MR) is 162 cm³/mol. The van der Waals surface area contributed by atoms with Crippen molar-refractivity contribution in [3.05, 3.63) is 52.9 Å². The second-order valence-corrected chi connectivity index (χ2v) is 10.3. The van der Waals surface area contributed by atoms with Gasteiger partial charge in [-0.05, 0) is 31.5 Å². The molecule has 0 aliphatic carbocycles. The van der Waals surface area contributed by atoms with E-state index in [-0.39, 0.29) is 5.91 Å². The fourth-order valence-electron chi connectivity index (χ4n) is 4.95. The quantitative estimate of drug-likeness (QED) is 0.252. The minimum atomic E-state index is -0.00815. The molecule has 1 saturated heterocycles. The van der Waals surface area contributed by atoms with E-state index >= 15 is 0 Å². The average Bonchev–Trinajstić information content (AvgIpc) is 3.44. The lowest BCUT2D eigenvalue weighted by molar-refractivity contribution is -0.127. The Morgan fingerprint density at radius 3 is 2.41 bits per heavy atom. The molecule has 0 spiro atoms. The molecule has 0 unspecified atom stereocenters. The highest BCUT2D eigenvalue weighted by Crippen LogP contribution is 2.45. The number of carbonyl (C=O) groups excluding carboxylic acids is 1.